The van der Waals surface area contributed by atoms with Gasteiger partial charge in [0.15, 0.2) is 0 Å². The van der Waals surface area contributed by atoms with E-state index in [0.717, 1.165) is 19.0 Å². The van der Waals surface area contributed by atoms with E-state index in [1.54, 1.807) is 0 Å². The minimum absolute atomic E-state index is 0.00435. The van der Waals surface area contributed by atoms with Crippen molar-refractivity contribution in [3.05, 3.63) is 0 Å². The molecule has 1 N–H and O–H groups in total. The molecule has 4 heteroatoms. The summed E-state index contributed by atoms with van der Waals surface area (Å²) in [5.41, 5.74) is -0.367. The zero-order valence-corrected chi connectivity index (χ0v) is 10.8. The summed E-state index contributed by atoms with van der Waals surface area (Å²) in [6.45, 7) is 10.8. The molecule has 0 bridgehead atoms. The van der Waals surface area contributed by atoms with Gasteiger partial charge in [0.1, 0.15) is 0 Å². The van der Waals surface area contributed by atoms with Crippen LogP contribution in [-0.4, -0.2) is 31.4 Å². The van der Waals surface area contributed by atoms with E-state index in [4.69, 9.17) is 9.31 Å². The average molecular weight is 223 g/mol. The molecule has 1 saturated carbocycles. The predicted molar refractivity (Wildman–Crippen MR) is 64.4 cm³/mol. The van der Waals surface area contributed by atoms with Crippen LogP contribution < -0.4 is 5.32 Å². The first-order valence-electron chi connectivity index (χ1n) is 6.44. The third kappa shape index (κ3) is 1.33. The van der Waals surface area contributed by atoms with E-state index in [1.807, 2.05) is 0 Å². The van der Waals surface area contributed by atoms with Crippen molar-refractivity contribution < 1.29 is 9.31 Å². The summed E-state index contributed by atoms with van der Waals surface area (Å²) in [7, 11) is -0.00435. The minimum atomic E-state index is -0.184. The van der Waals surface area contributed by atoms with E-state index >= 15 is 0 Å². The maximum atomic E-state index is 6.19. The average Bonchev–Trinajstić information content (AvgIpc) is 2.85. The molecule has 0 radical (unpaired) electrons. The molecule has 2 aliphatic heterocycles. The number of piperidine rings is 1. The van der Waals surface area contributed by atoms with Gasteiger partial charge in [-0.1, -0.05) is 0 Å². The van der Waals surface area contributed by atoms with Crippen LogP contribution in [0.5, 0.6) is 0 Å². The van der Waals surface area contributed by atoms with Gasteiger partial charge in [-0.15, -0.1) is 0 Å². The van der Waals surface area contributed by atoms with Gasteiger partial charge in [0, 0.05) is 5.31 Å². The zero-order valence-electron chi connectivity index (χ0n) is 10.8. The fourth-order valence-electron chi connectivity index (χ4n) is 3.05. The van der Waals surface area contributed by atoms with Crippen molar-refractivity contribution in [2.75, 3.05) is 13.1 Å². The first-order valence-corrected chi connectivity index (χ1v) is 6.44. The second-order valence-electron chi connectivity index (χ2n) is 6.69. The third-order valence-electron chi connectivity index (χ3n) is 5.13. The van der Waals surface area contributed by atoms with Crippen LogP contribution in [0.1, 0.15) is 40.5 Å². The lowest BCUT2D eigenvalue weighted by Gasteiger charge is -2.32. The van der Waals surface area contributed by atoms with E-state index in [2.05, 4.69) is 33.0 Å². The Hall–Kier alpha value is -0.0551. The van der Waals surface area contributed by atoms with Gasteiger partial charge < -0.3 is 14.6 Å². The molecular formula is C12H22BNO2. The van der Waals surface area contributed by atoms with Gasteiger partial charge in [0.05, 0.1) is 11.2 Å². The van der Waals surface area contributed by atoms with Crippen molar-refractivity contribution in [1.29, 1.82) is 0 Å². The van der Waals surface area contributed by atoms with E-state index in [1.165, 1.54) is 12.8 Å². The SMILES string of the molecule is CC1(C)OB([C@@]23CNCC[C@@H]2C3)OC1(C)C. The van der Waals surface area contributed by atoms with Gasteiger partial charge in [0.2, 0.25) is 0 Å². The molecule has 3 rings (SSSR count). The summed E-state index contributed by atoms with van der Waals surface area (Å²) in [4.78, 5) is 0. The summed E-state index contributed by atoms with van der Waals surface area (Å²) in [6.07, 6.45) is 2.56. The van der Waals surface area contributed by atoms with Crippen LogP contribution >= 0.6 is 0 Å². The molecule has 0 spiro atoms. The summed E-state index contributed by atoms with van der Waals surface area (Å²) in [6, 6.07) is 0. The Bertz CT molecular complexity index is 302. The molecule has 2 heterocycles. The normalized spacial score (nSPS) is 44.2. The molecule has 3 fully saturated rings. The van der Waals surface area contributed by atoms with Crippen LogP contribution in [0.2, 0.25) is 5.31 Å². The molecule has 90 valence electrons. The van der Waals surface area contributed by atoms with Gasteiger partial charge in [-0.2, -0.15) is 0 Å². The molecule has 3 nitrogen and oxygen atoms in total. The van der Waals surface area contributed by atoms with Crippen molar-refractivity contribution in [3.63, 3.8) is 0 Å². The fraction of sp³-hybridized carbons (Fsp3) is 1.00. The van der Waals surface area contributed by atoms with Gasteiger partial charge in [-0.05, 0) is 59.5 Å². The molecule has 1 aliphatic carbocycles. The molecular weight excluding hydrogens is 201 g/mol. The first kappa shape index (κ1) is 11.1. The van der Waals surface area contributed by atoms with E-state index in [0.29, 0.717) is 0 Å². The van der Waals surface area contributed by atoms with Crippen molar-refractivity contribution in [2.45, 2.75) is 57.1 Å². The van der Waals surface area contributed by atoms with E-state index in [9.17, 15) is 0 Å². The van der Waals surface area contributed by atoms with Crippen molar-refractivity contribution >= 4 is 7.12 Å². The Kier molecular flexibility index (Phi) is 2.10. The lowest BCUT2D eigenvalue weighted by atomic mass is 9.65. The largest absolute Gasteiger partial charge is 0.466 e. The van der Waals surface area contributed by atoms with E-state index in [-0.39, 0.29) is 23.6 Å². The molecule has 0 aromatic heterocycles. The smallest absolute Gasteiger partial charge is 0.403 e. The monoisotopic (exact) mass is 223 g/mol. The molecule has 0 unspecified atom stereocenters. The summed E-state index contributed by atoms with van der Waals surface area (Å²) in [5.74, 6) is 0.823. The van der Waals surface area contributed by atoms with Crippen molar-refractivity contribution in [3.8, 4) is 0 Å². The lowest BCUT2D eigenvalue weighted by molar-refractivity contribution is 0.00578. The quantitative estimate of drug-likeness (QED) is 0.688. The number of fused-ring (bicyclic) bond motifs is 1. The molecule has 2 atom stereocenters. The van der Waals surface area contributed by atoms with Crippen LogP contribution in [0.15, 0.2) is 0 Å². The first-order chi connectivity index (χ1) is 7.37. The molecule has 0 aromatic rings. The van der Waals surface area contributed by atoms with Gasteiger partial charge in [0.25, 0.3) is 0 Å². The highest BCUT2D eigenvalue weighted by atomic mass is 16.7. The van der Waals surface area contributed by atoms with Crippen LogP contribution in [-0.2, 0) is 9.31 Å². The zero-order chi connectivity index (χ0) is 11.6. The van der Waals surface area contributed by atoms with Gasteiger partial charge in [-0.25, -0.2) is 0 Å². The topological polar surface area (TPSA) is 30.5 Å². The number of nitrogens with one attached hydrogen (secondary N) is 1. The summed E-state index contributed by atoms with van der Waals surface area (Å²) in [5, 5.41) is 3.77. The Balaban J connectivity index is 1.79. The van der Waals surface area contributed by atoms with Gasteiger partial charge >= 0.3 is 7.12 Å². The Morgan fingerprint density at radius 2 is 1.75 bits per heavy atom. The third-order valence-corrected chi connectivity index (χ3v) is 5.13. The standard InChI is InChI=1S/C12H22BNO2/c1-10(2)11(3,4)16-13(15-10)12-7-9(12)5-6-14-8-12/h9,14H,5-8H2,1-4H3/t9-,12+/m1/s1. The maximum Gasteiger partial charge on any atom is 0.466 e. The van der Waals surface area contributed by atoms with Crippen molar-refractivity contribution in [1.82, 2.24) is 5.32 Å². The Morgan fingerprint density at radius 3 is 2.31 bits per heavy atom. The molecule has 0 amide bonds. The second kappa shape index (κ2) is 3.03. The Labute approximate surface area is 98.4 Å². The predicted octanol–water partition coefficient (Wildman–Crippen LogP) is 1.83. The van der Waals surface area contributed by atoms with Crippen molar-refractivity contribution in [2.24, 2.45) is 5.92 Å². The summed E-state index contributed by atoms with van der Waals surface area (Å²) >= 11 is 0. The molecule has 2 saturated heterocycles. The lowest BCUT2D eigenvalue weighted by Crippen LogP contribution is -2.41. The highest BCUT2D eigenvalue weighted by Crippen LogP contribution is 2.66. The number of hydrogen-bond acceptors (Lipinski definition) is 3. The van der Waals surface area contributed by atoms with Gasteiger partial charge in [-0.3, -0.25) is 0 Å². The number of rotatable bonds is 1. The highest BCUT2D eigenvalue weighted by Gasteiger charge is 2.69. The fourth-order valence-corrected chi connectivity index (χ4v) is 3.05. The maximum absolute atomic E-state index is 6.19. The molecule has 0 aromatic carbocycles. The van der Waals surface area contributed by atoms with E-state index < -0.39 is 0 Å². The number of hydrogen-bond donors (Lipinski definition) is 1. The molecule has 3 aliphatic rings. The Morgan fingerprint density at radius 1 is 1.12 bits per heavy atom. The van der Waals surface area contributed by atoms with Crippen LogP contribution in [0, 0.1) is 5.92 Å². The summed E-state index contributed by atoms with van der Waals surface area (Å²) < 4.78 is 12.4. The van der Waals surface area contributed by atoms with Crippen LogP contribution in [0.25, 0.3) is 0 Å². The molecule has 16 heavy (non-hydrogen) atoms. The highest BCUT2D eigenvalue weighted by molar-refractivity contribution is 6.51. The second-order valence-corrected chi connectivity index (χ2v) is 6.69. The van der Waals surface area contributed by atoms with Crippen LogP contribution in [0.3, 0.4) is 0 Å². The minimum Gasteiger partial charge on any atom is -0.403 e. The van der Waals surface area contributed by atoms with Crippen LogP contribution in [0.4, 0.5) is 0 Å².